The topological polar surface area (TPSA) is 126 Å². The average molecular weight is 410 g/mol. The first-order valence-electron chi connectivity index (χ1n) is 7.74. The molecule has 0 aliphatic rings. The molecule has 0 aliphatic heterocycles. The summed E-state index contributed by atoms with van der Waals surface area (Å²) in [5.74, 6) is -1.19. The van der Waals surface area contributed by atoms with Gasteiger partial charge in [0.25, 0.3) is 5.75 Å². The molecule has 1 aromatic heterocycles. The summed E-state index contributed by atoms with van der Waals surface area (Å²) in [5.41, 5.74) is -4.13. The van der Waals surface area contributed by atoms with Crippen LogP contribution in [0.1, 0.15) is 11.1 Å². The lowest BCUT2D eigenvalue weighted by molar-refractivity contribution is -0.396. The third-order valence-corrected chi connectivity index (χ3v) is 3.91. The average Bonchev–Trinajstić information content (AvgIpc) is 2.59. The highest BCUT2D eigenvalue weighted by atomic mass is 19.4. The fraction of sp³-hybridized carbons (Fsp3) is 0.118. The Morgan fingerprint density at radius 2 is 1.59 bits per heavy atom. The molecule has 3 rings (SSSR count). The monoisotopic (exact) mass is 410 g/mol. The molecule has 29 heavy (non-hydrogen) atoms. The Morgan fingerprint density at radius 1 is 1.00 bits per heavy atom. The number of hydrogen-bond donors (Lipinski definition) is 0. The minimum atomic E-state index is -5.04. The third-order valence-electron chi connectivity index (χ3n) is 3.91. The van der Waals surface area contributed by atoms with Gasteiger partial charge in [-0.1, -0.05) is 0 Å². The third kappa shape index (κ3) is 3.85. The van der Waals surface area contributed by atoms with Crippen molar-refractivity contribution >= 4 is 22.3 Å². The number of halogens is 3. The van der Waals surface area contributed by atoms with E-state index < -0.39 is 44.3 Å². The van der Waals surface area contributed by atoms with Gasteiger partial charge < -0.3 is 9.15 Å². The molecule has 0 spiro atoms. The molecule has 0 saturated carbocycles. The molecule has 0 N–H and O–H groups in total. The summed E-state index contributed by atoms with van der Waals surface area (Å²) in [6.45, 7) is 1.63. The number of nitro benzene ring substituents is 2. The van der Waals surface area contributed by atoms with E-state index in [1.54, 1.807) is 6.92 Å². The lowest BCUT2D eigenvalue weighted by Crippen LogP contribution is -2.08. The van der Waals surface area contributed by atoms with Gasteiger partial charge in [0.2, 0.25) is 0 Å². The maximum absolute atomic E-state index is 13.0. The maximum Gasteiger partial charge on any atom is 0.416 e. The predicted octanol–water partition coefficient (Wildman–Crippen LogP) is 4.73. The Bertz CT molecular complexity index is 1180. The summed E-state index contributed by atoms with van der Waals surface area (Å²) in [7, 11) is 0. The van der Waals surface area contributed by atoms with Crippen molar-refractivity contribution in [1.29, 1.82) is 0 Å². The zero-order valence-electron chi connectivity index (χ0n) is 14.4. The Labute approximate surface area is 158 Å². The highest BCUT2D eigenvalue weighted by molar-refractivity contribution is 5.81. The van der Waals surface area contributed by atoms with E-state index in [-0.39, 0.29) is 23.5 Å². The highest BCUT2D eigenvalue weighted by Gasteiger charge is 2.38. The normalized spacial score (nSPS) is 11.4. The van der Waals surface area contributed by atoms with Gasteiger partial charge in [0.05, 0.1) is 15.4 Å². The van der Waals surface area contributed by atoms with Crippen LogP contribution < -0.4 is 10.4 Å². The van der Waals surface area contributed by atoms with Crippen molar-refractivity contribution in [3.63, 3.8) is 0 Å². The number of ether oxygens (including phenoxy) is 1. The number of aryl methyl sites for hydroxylation is 1. The molecular weight excluding hydrogens is 401 g/mol. The molecule has 0 amide bonds. The van der Waals surface area contributed by atoms with Gasteiger partial charge in [0.15, 0.2) is 0 Å². The van der Waals surface area contributed by atoms with Crippen LogP contribution in [0.3, 0.4) is 0 Å². The van der Waals surface area contributed by atoms with Crippen molar-refractivity contribution in [3.05, 3.63) is 78.2 Å². The Kier molecular flexibility index (Phi) is 4.70. The number of alkyl halides is 3. The van der Waals surface area contributed by atoms with Crippen molar-refractivity contribution in [1.82, 2.24) is 0 Å². The second-order valence-corrected chi connectivity index (χ2v) is 5.86. The second-order valence-electron chi connectivity index (χ2n) is 5.86. The quantitative estimate of drug-likeness (QED) is 0.346. The van der Waals surface area contributed by atoms with Crippen LogP contribution >= 0.6 is 0 Å². The maximum atomic E-state index is 13.0. The van der Waals surface area contributed by atoms with Crippen LogP contribution in [0.2, 0.25) is 0 Å². The molecule has 3 aromatic rings. The number of benzene rings is 2. The van der Waals surface area contributed by atoms with Crippen LogP contribution in [0.25, 0.3) is 11.0 Å². The minimum absolute atomic E-state index is 0.0321. The molecule has 0 radical (unpaired) electrons. The van der Waals surface area contributed by atoms with Crippen LogP contribution in [-0.4, -0.2) is 9.85 Å². The lowest BCUT2D eigenvalue weighted by Gasteiger charge is -2.11. The summed E-state index contributed by atoms with van der Waals surface area (Å²) in [6, 6.07) is 5.38. The Hall–Kier alpha value is -3.96. The van der Waals surface area contributed by atoms with Gasteiger partial charge >= 0.3 is 23.2 Å². The smallest absolute Gasteiger partial charge is 0.416 e. The first-order chi connectivity index (χ1) is 13.5. The number of fused-ring (bicyclic) bond motifs is 1. The molecule has 0 saturated heterocycles. The molecule has 0 atom stereocenters. The van der Waals surface area contributed by atoms with E-state index in [1.165, 1.54) is 18.2 Å². The molecule has 9 nitrogen and oxygen atoms in total. The zero-order chi connectivity index (χ0) is 21.5. The highest BCUT2D eigenvalue weighted by Crippen LogP contribution is 2.44. The second kappa shape index (κ2) is 6.89. The van der Waals surface area contributed by atoms with E-state index in [0.717, 1.165) is 6.07 Å². The summed E-state index contributed by atoms with van der Waals surface area (Å²) in [5, 5.41) is 23.0. The standard InChI is InChI=1S/C17H9F3N2O7/c1-8-4-15(23)29-14-7-10(2-3-11(8)14)28-16-12(21(24)25)5-9(17(18,19)20)6-13(16)22(26)27/h2-7H,1H3. The summed E-state index contributed by atoms with van der Waals surface area (Å²) in [4.78, 5) is 31.5. The Balaban J connectivity index is 2.20. The van der Waals surface area contributed by atoms with E-state index in [2.05, 4.69) is 0 Å². The van der Waals surface area contributed by atoms with Gasteiger partial charge in [-0.15, -0.1) is 0 Å². The first-order valence-corrected chi connectivity index (χ1v) is 7.74. The van der Waals surface area contributed by atoms with E-state index in [9.17, 15) is 38.2 Å². The fourth-order valence-electron chi connectivity index (χ4n) is 2.62. The number of rotatable bonds is 4. The van der Waals surface area contributed by atoms with Crippen molar-refractivity contribution in [3.8, 4) is 11.5 Å². The van der Waals surface area contributed by atoms with Crippen molar-refractivity contribution in [2.24, 2.45) is 0 Å². The van der Waals surface area contributed by atoms with Crippen LogP contribution in [-0.2, 0) is 6.18 Å². The van der Waals surface area contributed by atoms with Crippen LogP contribution in [0.5, 0.6) is 11.5 Å². The van der Waals surface area contributed by atoms with Crippen molar-refractivity contribution in [2.75, 3.05) is 0 Å². The predicted molar refractivity (Wildman–Crippen MR) is 92.0 cm³/mol. The molecular formula is C17H9F3N2O7. The number of hydrogen-bond acceptors (Lipinski definition) is 7. The largest absolute Gasteiger partial charge is 0.444 e. The van der Waals surface area contributed by atoms with Gasteiger partial charge in [-0.2, -0.15) is 13.2 Å². The molecule has 0 aliphatic carbocycles. The minimum Gasteiger partial charge on any atom is -0.444 e. The van der Waals surface area contributed by atoms with Gasteiger partial charge in [0, 0.05) is 29.7 Å². The van der Waals surface area contributed by atoms with E-state index in [1.807, 2.05) is 0 Å². The zero-order valence-corrected chi connectivity index (χ0v) is 14.4. The fourth-order valence-corrected chi connectivity index (χ4v) is 2.62. The van der Waals surface area contributed by atoms with Gasteiger partial charge in [-0.3, -0.25) is 20.2 Å². The van der Waals surface area contributed by atoms with Gasteiger partial charge in [-0.05, 0) is 24.6 Å². The lowest BCUT2D eigenvalue weighted by atomic mass is 10.1. The molecule has 150 valence electrons. The Morgan fingerprint density at radius 3 is 2.10 bits per heavy atom. The van der Waals surface area contributed by atoms with Crippen LogP contribution in [0.15, 0.2) is 45.6 Å². The van der Waals surface area contributed by atoms with Crippen molar-refractivity contribution in [2.45, 2.75) is 13.1 Å². The van der Waals surface area contributed by atoms with E-state index >= 15 is 0 Å². The summed E-state index contributed by atoms with van der Waals surface area (Å²) < 4.78 is 49.1. The summed E-state index contributed by atoms with van der Waals surface area (Å²) >= 11 is 0. The molecule has 2 aromatic carbocycles. The first kappa shape index (κ1) is 19.8. The number of nitrogens with zero attached hydrogens (tertiary/aromatic N) is 2. The molecule has 0 fully saturated rings. The van der Waals surface area contributed by atoms with Gasteiger partial charge in [0.1, 0.15) is 11.3 Å². The van der Waals surface area contributed by atoms with Gasteiger partial charge in [-0.25, -0.2) is 4.79 Å². The van der Waals surface area contributed by atoms with Crippen LogP contribution in [0.4, 0.5) is 24.5 Å². The number of nitro groups is 2. The molecule has 12 heteroatoms. The molecule has 1 heterocycles. The molecule has 0 bridgehead atoms. The summed E-state index contributed by atoms with van der Waals surface area (Å²) in [6.07, 6.45) is -5.04. The van der Waals surface area contributed by atoms with Crippen LogP contribution in [0, 0.1) is 27.2 Å². The SMILES string of the molecule is Cc1cc(=O)oc2cc(Oc3c([N+](=O)[O-])cc(C(F)(F)F)cc3[N+](=O)[O-])ccc12. The van der Waals surface area contributed by atoms with Crippen molar-refractivity contribution < 1.29 is 32.2 Å². The van der Waals surface area contributed by atoms with E-state index in [4.69, 9.17) is 9.15 Å². The van der Waals surface area contributed by atoms with E-state index in [0.29, 0.717) is 10.9 Å². The molecule has 0 unspecified atom stereocenters.